The largest absolute Gasteiger partial charge is 0.353 e. The van der Waals surface area contributed by atoms with Gasteiger partial charge in [0.05, 0.1) is 0 Å². The van der Waals surface area contributed by atoms with Crippen LogP contribution in [0.5, 0.6) is 0 Å². The highest BCUT2D eigenvalue weighted by Gasteiger charge is 2.36. The van der Waals surface area contributed by atoms with E-state index in [2.05, 4.69) is 5.32 Å². The Kier molecular flexibility index (Phi) is 2.94. The van der Waals surface area contributed by atoms with E-state index in [1.165, 1.54) is 0 Å². The summed E-state index contributed by atoms with van der Waals surface area (Å²) in [4.78, 5) is 11.6. The summed E-state index contributed by atoms with van der Waals surface area (Å²) in [5, 5.41) is 2.89. The molecule has 0 heterocycles. The van der Waals surface area contributed by atoms with Crippen LogP contribution in [-0.2, 0) is 4.79 Å². The average Bonchev–Trinajstić information content (AvgIpc) is 2.05. The summed E-state index contributed by atoms with van der Waals surface area (Å²) in [6, 6.07) is -0.0160. The Morgan fingerprint density at radius 3 is 2.20 bits per heavy atom. The highest BCUT2D eigenvalue weighted by molar-refractivity contribution is 5.79. The van der Waals surface area contributed by atoms with Gasteiger partial charge < -0.3 is 5.32 Å². The second kappa shape index (κ2) is 4.06. The lowest BCUT2D eigenvalue weighted by molar-refractivity contribution is -0.129. The van der Waals surface area contributed by atoms with Crippen molar-refractivity contribution >= 4 is 5.91 Å². The zero-order valence-electron chi connectivity index (χ0n) is 8.77. The molecule has 2 saturated carbocycles. The van der Waals surface area contributed by atoms with E-state index >= 15 is 0 Å². The van der Waals surface area contributed by atoms with E-state index in [1.807, 2.05) is 0 Å². The molecule has 0 aromatic heterocycles. The number of carbonyl (C=O) groups is 1. The van der Waals surface area contributed by atoms with Gasteiger partial charge in [-0.25, -0.2) is 8.78 Å². The fourth-order valence-electron chi connectivity index (χ4n) is 2.17. The number of nitrogens with one attached hydrogen (secondary N) is 1. The quantitative estimate of drug-likeness (QED) is 0.756. The standard InChI is InChI=1S/C11H17F2NO/c12-11(13)6-4-9(5-7-11)14-10(15)8-2-1-3-8/h8-9H,1-7H2,(H,14,15). The van der Waals surface area contributed by atoms with Gasteiger partial charge in [0.1, 0.15) is 0 Å². The average molecular weight is 217 g/mol. The Balaban J connectivity index is 1.74. The number of hydrogen-bond donors (Lipinski definition) is 1. The van der Waals surface area contributed by atoms with E-state index in [0.717, 1.165) is 19.3 Å². The first-order valence-corrected chi connectivity index (χ1v) is 5.75. The molecule has 0 saturated heterocycles. The summed E-state index contributed by atoms with van der Waals surface area (Å²) in [6.45, 7) is 0. The zero-order chi connectivity index (χ0) is 10.9. The molecule has 0 atom stereocenters. The molecular formula is C11H17F2NO. The Morgan fingerprint density at radius 1 is 1.13 bits per heavy atom. The summed E-state index contributed by atoms with van der Waals surface area (Å²) in [5.74, 6) is -2.26. The van der Waals surface area contributed by atoms with Crippen LogP contribution < -0.4 is 5.32 Å². The maximum Gasteiger partial charge on any atom is 0.248 e. The van der Waals surface area contributed by atoms with Crippen LogP contribution in [0.2, 0.25) is 0 Å². The van der Waals surface area contributed by atoms with Crippen LogP contribution in [0.1, 0.15) is 44.9 Å². The molecule has 2 nitrogen and oxygen atoms in total. The lowest BCUT2D eigenvalue weighted by atomic mass is 9.84. The Labute approximate surface area is 88.4 Å². The van der Waals surface area contributed by atoms with Crippen LogP contribution in [0.4, 0.5) is 8.78 Å². The molecule has 0 radical (unpaired) electrons. The van der Waals surface area contributed by atoms with Gasteiger partial charge >= 0.3 is 0 Å². The minimum Gasteiger partial charge on any atom is -0.353 e. The summed E-state index contributed by atoms with van der Waals surface area (Å²) < 4.78 is 25.7. The molecule has 0 spiro atoms. The van der Waals surface area contributed by atoms with Crippen molar-refractivity contribution in [3.63, 3.8) is 0 Å². The molecule has 0 aromatic carbocycles. The van der Waals surface area contributed by atoms with Gasteiger partial charge in [-0.2, -0.15) is 0 Å². The second-order valence-electron chi connectivity index (χ2n) is 4.77. The Bertz CT molecular complexity index is 241. The molecule has 4 heteroatoms. The zero-order valence-corrected chi connectivity index (χ0v) is 8.77. The van der Waals surface area contributed by atoms with E-state index in [0.29, 0.717) is 12.8 Å². The number of carbonyl (C=O) groups excluding carboxylic acids is 1. The van der Waals surface area contributed by atoms with Crippen molar-refractivity contribution < 1.29 is 13.6 Å². The highest BCUT2D eigenvalue weighted by Crippen LogP contribution is 2.33. The van der Waals surface area contributed by atoms with Gasteiger partial charge in [-0.3, -0.25) is 4.79 Å². The third kappa shape index (κ3) is 2.67. The molecule has 2 fully saturated rings. The highest BCUT2D eigenvalue weighted by atomic mass is 19.3. The van der Waals surface area contributed by atoms with Crippen LogP contribution in [-0.4, -0.2) is 17.9 Å². The number of rotatable bonds is 2. The lowest BCUT2D eigenvalue weighted by Crippen LogP contribution is -2.44. The van der Waals surface area contributed by atoms with Crippen LogP contribution >= 0.6 is 0 Å². The Morgan fingerprint density at radius 2 is 1.73 bits per heavy atom. The van der Waals surface area contributed by atoms with Crippen LogP contribution in [0, 0.1) is 5.92 Å². The fourth-order valence-corrected chi connectivity index (χ4v) is 2.17. The first kappa shape index (κ1) is 10.8. The lowest BCUT2D eigenvalue weighted by Gasteiger charge is -2.31. The van der Waals surface area contributed by atoms with Gasteiger partial charge in [0.25, 0.3) is 0 Å². The topological polar surface area (TPSA) is 29.1 Å². The van der Waals surface area contributed by atoms with Gasteiger partial charge in [0.15, 0.2) is 0 Å². The van der Waals surface area contributed by atoms with E-state index in [1.54, 1.807) is 0 Å². The van der Waals surface area contributed by atoms with Crippen molar-refractivity contribution in [3.05, 3.63) is 0 Å². The molecule has 2 aliphatic carbocycles. The minimum absolute atomic E-state index is 0.0160. The van der Waals surface area contributed by atoms with Crippen molar-refractivity contribution in [2.24, 2.45) is 5.92 Å². The monoisotopic (exact) mass is 217 g/mol. The smallest absolute Gasteiger partial charge is 0.248 e. The summed E-state index contributed by atoms with van der Waals surface area (Å²) >= 11 is 0. The summed E-state index contributed by atoms with van der Waals surface area (Å²) in [7, 11) is 0. The van der Waals surface area contributed by atoms with Gasteiger partial charge in [0, 0.05) is 24.8 Å². The molecule has 1 N–H and O–H groups in total. The molecule has 1 amide bonds. The van der Waals surface area contributed by atoms with Crippen molar-refractivity contribution in [3.8, 4) is 0 Å². The van der Waals surface area contributed by atoms with E-state index in [9.17, 15) is 13.6 Å². The third-order valence-electron chi connectivity index (χ3n) is 3.54. The Hall–Kier alpha value is -0.670. The summed E-state index contributed by atoms with van der Waals surface area (Å²) in [6.07, 6.45) is 3.74. The number of amides is 1. The maximum atomic E-state index is 12.8. The van der Waals surface area contributed by atoms with Crippen molar-refractivity contribution in [2.45, 2.75) is 56.9 Å². The molecule has 2 rings (SSSR count). The van der Waals surface area contributed by atoms with Gasteiger partial charge in [-0.15, -0.1) is 0 Å². The van der Waals surface area contributed by atoms with E-state index in [-0.39, 0.29) is 30.7 Å². The first-order chi connectivity index (χ1) is 7.07. The van der Waals surface area contributed by atoms with Gasteiger partial charge in [-0.05, 0) is 25.7 Å². The molecular weight excluding hydrogens is 200 g/mol. The molecule has 2 aliphatic rings. The second-order valence-corrected chi connectivity index (χ2v) is 4.77. The number of hydrogen-bond acceptors (Lipinski definition) is 1. The van der Waals surface area contributed by atoms with Crippen molar-refractivity contribution in [2.75, 3.05) is 0 Å². The van der Waals surface area contributed by atoms with Crippen molar-refractivity contribution in [1.29, 1.82) is 0 Å². The molecule has 86 valence electrons. The molecule has 15 heavy (non-hydrogen) atoms. The van der Waals surface area contributed by atoms with Gasteiger partial charge in [-0.1, -0.05) is 6.42 Å². The SMILES string of the molecule is O=C(NC1CCC(F)(F)CC1)C1CCC1. The predicted octanol–water partition coefficient (Wildman–Crippen LogP) is 2.48. The fraction of sp³-hybridized carbons (Fsp3) is 0.909. The molecule has 0 unspecified atom stereocenters. The maximum absolute atomic E-state index is 12.8. The first-order valence-electron chi connectivity index (χ1n) is 5.75. The van der Waals surface area contributed by atoms with E-state index in [4.69, 9.17) is 0 Å². The van der Waals surface area contributed by atoms with Gasteiger partial charge in [0.2, 0.25) is 11.8 Å². The van der Waals surface area contributed by atoms with Crippen LogP contribution in [0.25, 0.3) is 0 Å². The van der Waals surface area contributed by atoms with Crippen molar-refractivity contribution in [1.82, 2.24) is 5.32 Å². The number of halogens is 2. The number of alkyl halides is 2. The van der Waals surface area contributed by atoms with Crippen LogP contribution in [0.15, 0.2) is 0 Å². The minimum atomic E-state index is -2.50. The van der Waals surface area contributed by atoms with Crippen LogP contribution in [0.3, 0.4) is 0 Å². The summed E-state index contributed by atoms with van der Waals surface area (Å²) in [5.41, 5.74) is 0. The normalized spacial score (nSPS) is 27.1. The third-order valence-corrected chi connectivity index (χ3v) is 3.54. The van der Waals surface area contributed by atoms with E-state index < -0.39 is 5.92 Å². The predicted molar refractivity (Wildman–Crippen MR) is 52.7 cm³/mol. The molecule has 0 aromatic rings. The molecule has 0 bridgehead atoms. The molecule has 0 aliphatic heterocycles.